The van der Waals surface area contributed by atoms with Gasteiger partial charge in [0.15, 0.2) is 0 Å². The minimum atomic E-state index is 0.248. The Labute approximate surface area is 122 Å². The molecule has 1 saturated heterocycles. The second-order valence-electron chi connectivity index (χ2n) is 7.90. The van der Waals surface area contributed by atoms with Gasteiger partial charge in [0.2, 0.25) is 5.91 Å². The molecule has 20 heavy (non-hydrogen) atoms. The van der Waals surface area contributed by atoms with Gasteiger partial charge in [-0.3, -0.25) is 4.79 Å². The van der Waals surface area contributed by atoms with E-state index in [1.165, 1.54) is 32.1 Å². The van der Waals surface area contributed by atoms with Crippen LogP contribution in [0.25, 0.3) is 0 Å². The lowest BCUT2D eigenvalue weighted by atomic mass is 9.54. The van der Waals surface area contributed by atoms with Crippen molar-refractivity contribution in [3.63, 3.8) is 0 Å². The summed E-state index contributed by atoms with van der Waals surface area (Å²) in [6.45, 7) is 3.62. The van der Waals surface area contributed by atoms with E-state index in [0.29, 0.717) is 6.04 Å². The molecular formula is C17H28N2O. The third-order valence-corrected chi connectivity index (χ3v) is 6.60. The second kappa shape index (κ2) is 5.01. The SMILES string of the molecule is CC(=O)N1CCC(NC2C3CC4CC(C3)CC2C4)CC1. The lowest BCUT2D eigenvalue weighted by Crippen LogP contribution is -2.58. The van der Waals surface area contributed by atoms with Crippen LogP contribution < -0.4 is 5.32 Å². The molecule has 1 N–H and O–H groups in total. The Bertz CT molecular complexity index is 358. The third-order valence-electron chi connectivity index (χ3n) is 6.60. The number of nitrogens with zero attached hydrogens (tertiary/aromatic N) is 1. The quantitative estimate of drug-likeness (QED) is 0.840. The molecule has 4 bridgehead atoms. The fourth-order valence-corrected chi connectivity index (χ4v) is 5.83. The average molecular weight is 276 g/mol. The van der Waals surface area contributed by atoms with Crippen LogP contribution in [-0.4, -0.2) is 36.0 Å². The fraction of sp³-hybridized carbons (Fsp3) is 0.941. The number of hydrogen-bond acceptors (Lipinski definition) is 2. The van der Waals surface area contributed by atoms with Crippen LogP contribution in [0.4, 0.5) is 0 Å². The van der Waals surface area contributed by atoms with Gasteiger partial charge >= 0.3 is 0 Å². The Kier molecular flexibility index (Phi) is 3.29. The first-order valence-electron chi connectivity index (χ1n) is 8.70. The first kappa shape index (κ1) is 13.1. The van der Waals surface area contributed by atoms with Crippen LogP contribution >= 0.6 is 0 Å². The van der Waals surface area contributed by atoms with E-state index in [-0.39, 0.29) is 5.91 Å². The largest absolute Gasteiger partial charge is 0.343 e. The summed E-state index contributed by atoms with van der Waals surface area (Å²) < 4.78 is 0. The van der Waals surface area contributed by atoms with Crippen molar-refractivity contribution < 1.29 is 4.79 Å². The number of hydrogen-bond donors (Lipinski definition) is 1. The zero-order valence-corrected chi connectivity index (χ0v) is 12.7. The molecular weight excluding hydrogens is 248 g/mol. The average Bonchev–Trinajstić information content (AvgIpc) is 2.42. The first-order chi connectivity index (χ1) is 9.69. The predicted molar refractivity (Wildman–Crippen MR) is 79.2 cm³/mol. The van der Waals surface area contributed by atoms with Gasteiger partial charge in [-0.25, -0.2) is 0 Å². The molecule has 5 rings (SSSR count). The van der Waals surface area contributed by atoms with Gasteiger partial charge in [-0.05, 0) is 68.6 Å². The lowest BCUT2D eigenvalue weighted by Gasteiger charge is -2.55. The van der Waals surface area contributed by atoms with Crippen molar-refractivity contribution in [3.05, 3.63) is 0 Å². The maximum absolute atomic E-state index is 11.4. The van der Waals surface area contributed by atoms with Crippen LogP contribution in [0.5, 0.6) is 0 Å². The molecule has 0 radical (unpaired) electrons. The molecule has 0 atom stereocenters. The monoisotopic (exact) mass is 276 g/mol. The van der Waals surface area contributed by atoms with Gasteiger partial charge in [-0.2, -0.15) is 0 Å². The molecule has 3 heteroatoms. The molecule has 0 unspecified atom stereocenters. The second-order valence-corrected chi connectivity index (χ2v) is 7.90. The number of rotatable bonds is 2. The number of likely N-dealkylation sites (tertiary alicyclic amines) is 1. The van der Waals surface area contributed by atoms with Crippen LogP contribution in [-0.2, 0) is 4.79 Å². The summed E-state index contributed by atoms with van der Waals surface area (Å²) in [5, 5.41) is 4.02. The number of piperidine rings is 1. The zero-order valence-electron chi connectivity index (χ0n) is 12.7. The summed E-state index contributed by atoms with van der Waals surface area (Å²) in [7, 11) is 0. The Morgan fingerprint density at radius 1 is 0.950 bits per heavy atom. The molecule has 1 heterocycles. The van der Waals surface area contributed by atoms with Gasteiger partial charge in [0.05, 0.1) is 0 Å². The maximum atomic E-state index is 11.4. The van der Waals surface area contributed by atoms with Gasteiger partial charge in [0, 0.05) is 32.1 Å². The van der Waals surface area contributed by atoms with Gasteiger partial charge < -0.3 is 10.2 Å². The summed E-state index contributed by atoms with van der Waals surface area (Å²) >= 11 is 0. The van der Waals surface area contributed by atoms with Crippen molar-refractivity contribution >= 4 is 5.91 Å². The molecule has 1 amide bonds. The molecule has 1 aliphatic heterocycles. The van der Waals surface area contributed by atoms with Crippen molar-refractivity contribution in [1.82, 2.24) is 10.2 Å². The van der Waals surface area contributed by atoms with E-state index in [4.69, 9.17) is 0 Å². The highest BCUT2D eigenvalue weighted by Crippen LogP contribution is 2.53. The van der Waals surface area contributed by atoms with E-state index in [2.05, 4.69) is 5.32 Å². The highest BCUT2D eigenvalue weighted by molar-refractivity contribution is 5.73. The molecule has 112 valence electrons. The van der Waals surface area contributed by atoms with E-state index in [1.807, 2.05) is 4.90 Å². The number of carbonyl (C=O) groups excluding carboxylic acids is 1. The number of carbonyl (C=O) groups is 1. The van der Waals surface area contributed by atoms with E-state index in [9.17, 15) is 4.79 Å². The maximum Gasteiger partial charge on any atom is 0.219 e. The Hall–Kier alpha value is -0.570. The Morgan fingerprint density at radius 2 is 1.50 bits per heavy atom. The summed E-state index contributed by atoms with van der Waals surface area (Å²) in [6.07, 6.45) is 9.84. The predicted octanol–water partition coefficient (Wildman–Crippen LogP) is 2.41. The summed E-state index contributed by atoms with van der Waals surface area (Å²) in [6, 6.07) is 1.46. The zero-order chi connectivity index (χ0) is 13.7. The molecule has 5 aliphatic rings. The highest BCUT2D eigenvalue weighted by atomic mass is 16.2. The minimum absolute atomic E-state index is 0.248. The molecule has 4 saturated carbocycles. The highest BCUT2D eigenvalue weighted by Gasteiger charge is 2.48. The third kappa shape index (κ3) is 2.28. The van der Waals surface area contributed by atoms with Gasteiger partial charge in [0.1, 0.15) is 0 Å². The van der Waals surface area contributed by atoms with Crippen LogP contribution in [0.15, 0.2) is 0 Å². The molecule has 3 nitrogen and oxygen atoms in total. The van der Waals surface area contributed by atoms with Crippen LogP contribution in [0.2, 0.25) is 0 Å². The molecule has 4 aliphatic carbocycles. The number of amides is 1. The fourth-order valence-electron chi connectivity index (χ4n) is 5.83. The molecule has 0 spiro atoms. The van der Waals surface area contributed by atoms with E-state index < -0.39 is 0 Å². The standard InChI is InChI=1S/C17H28N2O/c1-11(20)19-4-2-16(3-5-19)18-17-14-7-12-6-13(9-14)10-15(17)8-12/h12-18H,2-10H2,1H3. The van der Waals surface area contributed by atoms with Crippen molar-refractivity contribution in [2.45, 2.75) is 64.0 Å². The molecule has 0 aromatic carbocycles. The molecule has 0 aromatic heterocycles. The summed E-state index contributed by atoms with van der Waals surface area (Å²) in [5.74, 6) is 4.32. The van der Waals surface area contributed by atoms with Crippen LogP contribution in [0.3, 0.4) is 0 Å². The molecule has 0 aromatic rings. The van der Waals surface area contributed by atoms with Gasteiger partial charge in [-0.15, -0.1) is 0 Å². The van der Waals surface area contributed by atoms with Crippen molar-refractivity contribution in [3.8, 4) is 0 Å². The lowest BCUT2D eigenvalue weighted by molar-refractivity contribution is -0.130. The van der Waals surface area contributed by atoms with E-state index in [1.54, 1.807) is 6.92 Å². The minimum Gasteiger partial charge on any atom is -0.343 e. The van der Waals surface area contributed by atoms with Crippen LogP contribution in [0, 0.1) is 23.7 Å². The first-order valence-corrected chi connectivity index (χ1v) is 8.70. The van der Waals surface area contributed by atoms with Crippen molar-refractivity contribution in [2.75, 3.05) is 13.1 Å². The van der Waals surface area contributed by atoms with Crippen molar-refractivity contribution in [1.29, 1.82) is 0 Å². The summed E-state index contributed by atoms with van der Waals surface area (Å²) in [4.78, 5) is 13.4. The molecule has 5 fully saturated rings. The normalized spacial score (nSPS) is 44.0. The van der Waals surface area contributed by atoms with Gasteiger partial charge in [-0.1, -0.05) is 0 Å². The smallest absolute Gasteiger partial charge is 0.219 e. The van der Waals surface area contributed by atoms with Crippen LogP contribution in [0.1, 0.15) is 51.9 Å². The van der Waals surface area contributed by atoms with E-state index >= 15 is 0 Å². The Balaban J connectivity index is 1.35. The Morgan fingerprint density at radius 3 is 2.00 bits per heavy atom. The number of nitrogens with one attached hydrogen (secondary N) is 1. The topological polar surface area (TPSA) is 32.3 Å². The van der Waals surface area contributed by atoms with Crippen molar-refractivity contribution in [2.24, 2.45) is 23.7 Å². The van der Waals surface area contributed by atoms with E-state index in [0.717, 1.165) is 55.6 Å². The van der Waals surface area contributed by atoms with Gasteiger partial charge in [0.25, 0.3) is 0 Å². The summed E-state index contributed by atoms with van der Waals surface area (Å²) in [5.41, 5.74) is 0.